The van der Waals surface area contributed by atoms with Gasteiger partial charge >= 0.3 is 12.1 Å². The highest BCUT2D eigenvalue weighted by Gasteiger charge is 2.64. The molecule has 4 fully saturated rings. The highest BCUT2D eigenvalue weighted by Crippen LogP contribution is 2.52. The highest BCUT2D eigenvalue weighted by molar-refractivity contribution is 5.78. The smallest absolute Gasteiger partial charge is 0.410 e. The Labute approximate surface area is 148 Å². The monoisotopic (exact) mass is 354 g/mol. The first-order chi connectivity index (χ1) is 11.6. The molecule has 1 atom stereocenters. The number of aliphatic hydroxyl groups is 1. The summed E-state index contributed by atoms with van der Waals surface area (Å²) < 4.78 is 5.39. The lowest BCUT2D eigenvalue weighted by atomic mass is 9.55. The van der Waals surface area contributed by atoms with Crippen LogP contribution in [0.25, 0.3) is 0 Å². The summed E-state index contributed by atoms with van der Waals surface area (Å²) in [5, 5.41) is 21.4. The fourth-order valence-electron chi connectivity index (χ4n) is 4.87. The molecule has 0 aromatic carbocycles. The molecule has 0 aliphatic carbocycles. The van der Waals surface area contributed by atoms with Gasteiger partial charge in [0.1, 0.15) is 11.0 Å². The van der Waals surface area contributed by atoms with Gasteiger partial charge in [0.25, 0.3) is 0 Å². The number of ether oxygens (including phenoxy) is 1. The molecule has 4 aliphatic heterocycles. The molecule has 7 heteroatoms. The summed E-state index contributed by atoms with van der Waals surface area (Å²) >= 11 is 0. The van der Waals surface area contributed by atoms with Crippen LogP contribution in [0.4, 0.5) is 4.79 Å². The first-order valence-corrected chi connectivity index (χ1v) is 9.23. The topological polar surface area (TPSA) is 90.3 Å². The summed E-state index contributed by atoms with van der Waals surface area (Å²) in [6, 6.07) is 0. The lowest BCUT2D eigenvalue weighted by molar-refractivity contribution is -0.210. The maximum absolute atomic E-state index is 12.3. The molecule has 4 saturated heterocycles. The second-order valence-electron chi connectivity index (χ2n) is 8.83. The summed E-state index contributed by atoms with van der Waals surface area (Å²) in [7, 11) is 0. The van der Waals surface area contributed by atoms with Crippen molar-refractivity contribution in [1.29, 1.82) is 0 Å². The Morgan fingerprint density at radius 3 is 2.04 bits per heavy atom. The molecule has 1 amide bonds. The van der Waals surface area contributed by atoms with Crippen molar-refractivity contribution >= 4 is 12.1 Å². The molecular weight excluding hydrogens is 324 g/mol. The van der Waals surface area contributed by atoms with Gasteiger partial charge in [0, 0.05) is 19.6 Å². The van der Waals surface area contributed by atoms with E-state index in [-0.39, 0.29) is 18.8 Å². The zero-order valence-corrected chi connectivity index (χ0v) is 15.5. The summed E-state index contributed by atoms with van der Waals surface area (Å²) in [6.07, 6.45) is 1.81. The molecule has 0 radical (unpaired) electrons. The van der Waals surface area contributed by atoms with Crippen molar-refractivity contribution in [2.24, 2.45) is 11.3 Å². The van der Waals surface area contributed by atoms with E-state index < -0.39 is 28.7 Å². The Kier molecular flexibility index (Phi) is 4.52. The van der Waals surface area contributed by atoms with Crippen LogP contribution in [0.1, 0.15) is 46.5 Å². The van der Waals surface area contributed by atoms with Crippen LogP contribution in [-0.2, 0) is 9.53 Å². The Morgan fingerprint density at radius 2 is 1.64 bits per heavy atom. The van der Waals surface area contributed by atoms with Gasteiger partial charge in [-0.2, -0.15) is 0 Å². The van der Waals surface area contributed by atoms with Gasteiger partial charge in [0.05, 0.1) is 5.60 Å². The molecule has 0 aromatic heterocycles. The first kappa shape index (κ1) is 18.5. The van der Waals surface area contributed by atoms with Crippen LogP contribution < -0.4 is 0 Å². The summed E-state index contributed by atoms with van der Waals surface area (Å²) in [4.78, 5) is 28.3. The third kappa shape index (κ3) is 3.12. The van der Waals surface area contributed by atoms with Gasteiger partial charge in [-0.25, -0.2) is 4.79 Å². The number of rotatable bonds is 2. The van der Waals surface area contributed by atoms with Crippen molar-refractivity contribution in [3.05, 3.63) is 0 Å². The number of hydrogen-bond acceptors (Lipinski definition) is 5. The van der Waals surface area contributed by atoms with E-state index in [1.807, 2.05) is 20.8 Å². The van der Waals surface area contributed by atoms with Crippen LogP contribution in [0, 0.1) is 11.3 Å². The molecule has 2 N–H and O–H groups in total. The van der Waals surface area contributed by atoms with Gasteiger partial charge in [-0.05, 0) is 65.5 Å². The largest absolute Gasteiger partial charge is 0.481 e. The van der Waals surface area contributed by atoms with E-state index in [1.165, 1.54) is 0 Å². The molecule has 1 unspecified atom stereocenters. The number of aliphatic carboxylic acids is 1. The van der Waals surface area contributed by atoms with E-state index in [0.717, 1.165) is 25.9 Å². The van der Waals surface area contributed by atoms with Crippen molar-refractivity contribution in [3.63, 3.8) is 0 Å². The van der Waals surface area contributed by atoms with Crippen LogP contribution in [-0.4, -0.2) is 76.0 Å². The average molecular weight is 354 g/mol. The van der Waals surface area contributed by atoms with Crippen molar-refractivity contribution in [2.75, 3.05) is 32.7 Å². The minimum Gasteiger partial charge on any atom is -0.481 e. The van der Waals surface area contributed by atoms with Crippen LogP contribution in [0.3, 0.4) is 0 Å². The van der Waals surface area contributed by atoms with E-state index in [0.29, 0.717) is 19.6 Å². The number of likely N-dealkylation sites (tertiary alicyclic amines) is 1. The summed E-state index contributed by atoms with van der Waals surface area (Å²) in [5.74, 6) is -0.886. The average Bonchev–Trinajstić information content (AvgIpc) is 2.54. The Balaban J connectivity index is 1.75. The maximum Gasteiger partial charge on any atom is 0.410 e. The molecule has 0 aromatic rings. The maximum atomic E-state index is 12.3. The second kappa shape index (κ2) is 6.13. The molecule has 0 saturated carbocycles. The van der Waals surface area contributed by atoms with E-state index in [9.17, 15) is 19.8 Å². The Morgan fingerprint density at radius 1 is 1.08 bits per heavy atom. The zero-order chi connectivity index (χ0) is 18.5. The van der Waals surface area contributed by atoms with Gasteiger partial charge in [-0.15, -0.1) is 0 Å². The van der Waals surface area contributed by atoms with Gasteiger partial charge in [-0.3, -0.25) is 4.79 Å². The number of piperidine rings is 4. The van der Waals surface area contributed by atoms with Crippen molar-refractivity contribution in [3.8, 4) is 0 Å². The van der Waals surface area contributed by atoms with Gasteiger partial charge in [-0.1, -0.05) is 0 Å². The Hall–Kier alpha value is -1.34. The van der Waals surface area contributed by atoms with E-state index >= 15 is 0 Å². The normalized spacial score (nSPS) is 34.6. The molecule has 0 spiro atoms. The predicted molar refractivity (Wildman–Crippen MR) is 91.2 cm³/mol. The van der Waals surface area contributed by atoms with Crippen LogP contribution in [0.15, 0.2) is 0 Å². The van der Waals surface area contributed by atoms with Crippen molar-refractivity contribution in [1.82, 2.24) is 9.80 Å². The van der Waals surface area contributed by atoms with Crippen molar-refractivity contribution in [2.45, 2.75) is 57.7 Å². The first-order valence-electron chi connectivity index (χ1n) is 9.23. The van der Waals surface area contributed by atoms with Gasteiger partial charge in [0.2, 0.25) is 0 Å². The third-order valence-electron chi connectivity index (χ3n) is 6.21. The Bertz CT molecular complexity index is 542. The second-order valence-corrected chi connectivity index (χ2v) is 8.83. The highest BCUT2D eigenvalue weighted by atomic mass is 16.6. The SMILES string of the molecule is CC(C)(C)OC(=O)N1CCC(O)(C2(C(=O)O)CN3CCC2CC3)CC1. The fourth-order valence-corrected chi connectivity index (χ4v) is 4.87. The van der Waals surface area contributed by atoms with Crippen LogP contribution in [0.5, 0.6) is 0 Å². The quantitative estimate of drug-likeness (QED) is 0.782. The zero-order valence-electron chi connectivity index (χ0n) is 15.5. The number of carbonyl (C=O) groups excluding carboxylic acids is 1. The molecule has 2 bridgehead atoms. The summed E-state index contributed by atoms with van der Waals surface area (Å²) in [6.45, 7) is 8.35. The number of hydrogen-bond donors (Lipinski definition) is 2. The third-order valence-corrected chi connectivity index (χ3v) is 6.21. The van der Waals surface area contributed by atoms with Crippen LogP contribution in [0.2, 0.25) is 0 Å². The lowest BCUT2D eigenvalue weighted by Crippen LogP contribution is -2.70. The lowest BCUT2D eigenvalue weighted by Gasteiger charge is -2.58. The van der Waals surface area contributed by atoms with E-state index in [2.05, 4.69) is 4.90 Å². The van der Waals surface area contributed by atoms with E-state index in [1.54, 1.807) is 4.90 Å². The number of carboxylic acids is 1. The number of carbonyl (C=O) groups is 2. The molecular formula is C18H30N2O5. The molecule has 4 heterocycles. The number of carboxylic acid groups (broad SMARTS) is 1. The minimum absolute atomic E-state index is 0.00748. The molecule has 7 nitrogen and oxygen atoms in total. The van der Waals surface area contributed by atoms with Crippen molar-refractivity contribution < 1.29 is 24.5 Å². The number of amides is 1. The predicted octanol–water partition coefficient (Wildman–Crippen LogP) is 1.54. The number of fused-ring (bicyclic) bond motifs is 3. The molecule has 4 rings (SSSR count). The fraction of sp³-hybridized carbons (Fsp3) is 0.889. The van der Waals surface area contributed by atoms with Crippen LogP contribution >= 0.6 is 0 Å². The van der Waals surface area contributed by atoms with E-state index in [4.69, 9.17) is 4.74 Å². The standard InChI is InChI=1S/C18H30N2O5/c1-16(2,3)25-15(23)20-10-6-17(24,7-11-20)18(14(21)22)12-19-8-4-13(18)5-9-19/h13,24H,4-12H2,1-3H3,(H,21,22). The minimum atomic E-state index is -1.28. The van der Waals surface area contributed by atoms with Gasteiger partial charge in [0.15, 0.2) is 0 Å². The molecule has 142 valence electrons. The van der Waals surface area contributed by atoms with Gasteiger partial charge < -0.3 is 24.7 Å². The molecule has 25 heavy (non-hydrogen) atoms. The number of nitrogens with zero attached hydrogens (tertiary/aromatic N) is 2. The molecule has 4 aliphatic rings. The summed E-state index contributed by atoms with van der Waals surface area (Å²) in [5.41, 5.74) is -2.96.